The summed E-state index contributed by atoms with van der Waals surface area (Å²) in [6.07, 6.45) is 1.62. The zero-order valence-corrected chi connectivity index (χ0v) is 12.2. The van der Waals surface area contributed by atoms with Crippen LogP contribution in [0.2, 0.25) is 0 Å². The molecule has 1 saturated heterocycles. The molecule has 1 aromatic rings. The van der Waals surface area contributed by atoms with Crippen LogP contribution in [-0.4, -0.2) is 42.0 Å². The van der Waals surface area contributed by atoms with Gasteiger partial charge in [0.15, 0.2) is 0 Å². The van der Waals surface area contributed by atoms with Gasteiger partial charge in [-0.25, -0.2) is 0 Å². The molecule has 114 valence electrons. The maximum absolute atomic E-state index is 11.3. The average Bonchev–Trinajstić information content (AvgIpc) is 2.47. The third-order valence-electron chi connectivity index (χ3n) is 3.69. The van der Waals surface area contributed by atoms with E-state index in [1.807, 2.05) is 4.90 Å². The predicted octanol–water partition coefficient (Wildman–Crippen LogP) is 2.03. The number of carbonyl (C=O) groups excluding carboxylic acids is 1. The first-order chi connectivity index (χ1) is 10.0. The van der Waals surface area contributed by atoms with Gasteiger partial charge in [0.1, 0.15) is 5.75 Å². The van der Waals surface area contributed by atoms with Crippen LogP contribution in [-0.2, 0) is 4.79 Å². The van der Waals surface area contributed by atoms with Crippen molar-refractivity contribution in [2.75, 3.05) is 25.5 Å². The zero-order chi connectivity index (χ0) is 15.4. The fourth-order valence-electron chi connectivity index (χ4n) is 2.48. The molecule has 1 aliphatic heterocycles. The minimum absolute atomic E-state index is 0.0273. The Morgan fingerprint density at radius 2 is 2.10 bits per heavy atom. The Hall–Kier alpha value is -2.31. The molecule has 1 aliphatic rings. The second-order valence-electron chi connectivity index (χ2n) is 5.07. The van der Waals surface area contributed by atoms with Gasteiger partial charge < -0.3 is 15.0 Å². The summed E-state index contributed by atoms with van der Waals surface area (Å²) in [6.45, 7) is 2.96. The number of nitrogens with zero attached hydrogens (tertiary/aromatic N) is 2. The standard InChI is InChI=1S/C14H19N3O4/c1-10(18)16-7-5-11(6-8-16)15-13-9-12(17(19)20)3-4-14(13)21-2/h3-4,9,11,15H,5-8H2,1-2H3. The lowest BCUT2D eigenvalue weighted by Crippen LogP contribution is -2.41. The number of nitrogens with one attached hydrogen (secondary N) is 1. The molecule has 21 heavy (non-hydrogen) atoms. The van der Waals surface area contributed by atoms with Gasteiger partial charge in [-0.05, 0) is 18.9 Å². The van der Waals surface area contributed by atoms with Gasteiger partial charge in [0.2, 0.25) is 5.91 Å². The number of ether oxygens (including phenoxy) is 1. The highest BCUT2D eigenvalue weighted by Gasteiger charge is 2.22. The summed E-state index contributed by atoms with van der Waals surface area (Å²) in [4.78, 5) is 23.5. The second kappa shape index (κ2) is 6.43. The summed E-state index contributed by atoms with van der Waals surface area (Å²) in [7, 11) is 1.53. The Morgan fingerprint density at radius 1 is 1.43 bits per heavy atom. The summed E-state index contributed by atoms with van der Waals surface area (Å²) >= 11 is 0. The van der Waals surface area contributed by atoms with E-state index in [0.29, 0.717) is 24.5 Å². The summed E-state index contributed by atoms with van der Waals surface area (Å²) in [5.41, 5.74) is 0.646. The van der Waals surface area contributed by atoms with Crippen molar-refractivity contribution in [1.29, 1.82) is 0 Å². The van der Waals surface area contributed by atoms with Gasteiger partial charge in [0.25, 0.3) is 5.69 Å². The highest BCUT2D eigenvalue weighted by atomic mass is 16.6. The number of non-ortho nitro benzene ring substituents is 1. The van der Waals surface area contributed by atoms with E-state index in [2.05, 4.69) is 5.32 Å². The molecule has 0 atom stereocenters. The van der Waals surface area contributed by atoms with Crippen LogP contribution in [0.5, 0.6) is 5.75 Å². The molecule has 1 N–H and O–H groups in total. The van der Waals surface area contributed by atoms with E-state index in [1.54, 1.807) is 13.0 Å². The number of rotatable bonds is 4. The number of benzene rings is 1. The van der Waals surface area contributed by atoms with Crippen molar-refractivity contribution in [3.63, 3.8) is 0 Å². The van der Waals surface area contributed by atoms with Gasteiger partial charge in [-0.15, -0.1) is 0 Å². The van der Waals surface area contributed by atoms with Crippen LogP contribution in [0.15, 0.2) is 18.2 Å². The van der Waals surface area contributed by atoms with Gasteiger partial charge in [0, 0.05) is 38.2 Å². The van der Waals surface area contributed by atoms with Gasteiger partial charge in [-0.1, -0.05) is 0 Å². The Balaban J connectivity index is 2.07. The molecule has 1 aromatic carbocycles. The van der Waals surface area contributed by atoms with Crippen LogP contribution in [0.1, 0.15) is 19.8 Å². The smallest absolute Gasteiger partial charge is 0.271 e. The molecule has 2 rings (SSSR count). The number of hydrogen-bond donors (Lipinski definition) is 1. The fourth-order valence-corrected chi connectivity index (χ4v) is 2.48. The molecule has 7 nitrogen and oxygen atoms in total. The molecule has 0 spiro atoms. The van der Waals surface area contributed by atoms with E-state index in [1.165, 1.54) is 19.2 Å². The van der Waals surface area contributed by atoms with Crippen LogP contribution in [0.3, 0.4) is 0 Å². The molecule has 0 saturated carbocycles. The number of carbonyl (C=O) groups is 1. The highest BCUT2D eigenvalue weighted by molar-refractivity contribution is 5.73. The first kappa shape index (κ1) is 15.1. The van der Waals surface area contributed by atoms with Crippen molar-refractivity contribution in [1.82, 2.24) is 4.90 Å². The zero-order valence-electron chi connectivity index (χ0n) is 12.2. The lowest BCUT2D eigenvalue weighted by molar-refractivity contribution is -0.384. The van der Waals surface area contributed by atoms with Crippen LogP contribution >= 0.6 is 0 Å². The molecule has 1 amide bonds. The van der Waals surface area contributed by atoms with Crippen LogP contribution < -0.4 is 10.1 Å². The van der Waals surface area contributed by atoms with E-state index in [-0.39, 0.29) is 17.6 Å². The fraction of sp³-hybridized carbons (Fsp3) is 0.500. The largest absolute Gasteiger partial charge is 0.495 e. The van der Waals surface area contributed by atoms with E-state index in [9.17, 15) is 14.9 Å². The number of nitro groups is 1. The molecule has 7 heteroatoms. The number of nitro benzene ring substituents is 1. The first-order valence-electron chi connectivity index (χ1n) is 6.85. The quantitative estimate of drug-likeness (QED) is 0.678. The molecule has 0 radical (unpaired) electrons. The van der Waals surface area contributed by atoms with Crippen molar-refractivity contribution in [2.24, 2.45) is 0 Å². The Bertz CT molecular complexity index is 539. The Kier molecular flexibility index (Phi) is 4.62. The minimum atomic E-state index is -0.428. The van der Waals surface area contributed by atoms with E-state index in [0.717, 1.165) is 12.8 Å². The summed E-state index contributed by atoms with van der Waals surface area (Å²) in [5, 5.41) is 14.1. The predicted molar refractivity (Wildman–Crippen MR) is 78.5 cm³/mol. The van der Waals surface area contributed by atoms with Crippen molar-refractivity contribution in [3.8, 4) is 5.75 Å². The van der Waals surface area contributed by atoms with E-state index < -0.39 is 4.92 Å². The highest BCUT2D eigenvalue weighted by Crippen LogP contribution is 2.30. The summed E-state index contributed by atoms with van der Waals surface area (Å²) in [5.74, 6) is 0.663. The summed E-state index contributed by atoms with van der Waals surface area (Å²) in [6, 6.07) is 4.67. The minimum Gasteiger partial charge on any atom is -0.495 e. The molecule has 1 fully saturated rings. The van der Waals surface area contributed by atoms with Crippen molar-refractivity contribution in [2.45, 2.75) is 25.8 Å². The van der Waals surface area contributed by atoms with Crippen LogP contribution in [0.4, 0.5) is 11.4 Å². The Labute approximate surface area is 123 Å². The third-order valence-corrected chi connectivity index (χ3v) is 3.69. The maximum Gasteiger partial charge on any atom is 0.271 e. The number of likely N-dealkylation sites (tertiary alicyclic amines) is 1. The molecule has 1 heterocycles. The lowest BCUT2D eigenvalue weighted by Gasteiger charge is -2.32. The first-order valence-corrected chi connectivity index (χ1v) is 6.85. The van der Waals surface area contributed by atoms with Crippen molar-refractivity contribution >= 4 is 17.3 Å². The SMILES string of the molecule is COc1ccc([N+](=O)[O-])cc1NC1CCN(C(C)=O)CC1. The molecular weight excluding hydrogens is 274 g/mol. The van der Waals surface area contributed by atoms with Gasteiger partial charge >= 0.3 is 0 Å². The number of anilines is 1. The molecule has 0 bridgehead atoms. The summed E-state index contributed by atoms with van der Waals surface area (Å²) < 4.78 is 5.23. The van der Waals surface area contributed by atoms with Crippen molar-refractivity contribution in [3.05, 3.63) is 28.3 Å². The Morgan fingerprint density at radius 3 is 2.62 bits per heavy atom. The number of hydrogen-bond acceptors (Lipinski definition) is 5. The average molecular weight is 293 g/mol. The monoisotopic (exact) mass is 293 g/mol. The normalized spacial score (nSPS) is 15.6. The third kappa shape index (κ3) is 3.62. The van der Waals surface area contributed by atoms with E-state index >= 15 is 0 Å². The molecule has 0 unspecified atom stereocenters. The molecular formula is C14H19N3O4. The molecule has 0 aliphatic carbocycles. The maximum atomic E-state index is 11.3. The van der Waals surface area contributed by atoms with E-state index in [4.69, 9.17) is 4.74 Å². The van der Waals surface area contributed by atoms with Crippen molar-refractivity contribution < 1.29 is 14.5 Å². The number of piperidine rings is 1. The van der Waals surface area contributed by atoms with Crippen LogP contribution in [0.25, 0.3) is 0 Å². The van der Waals surface area contributed by atoms with Gasteiger partial charge in [0.05, 0.1) is 17.7 Å². The number of methoxy groups -OCH3 is 1. The topological polar surface area (TPSA) is 84.7 Å². The van der Waals surface area contributed by atoms with Gasteiger partial charge in [-0.3, -0.25) is 14.9 Å². The van der Waals surface area contributed by atoms with Crippen LogP contribution in [0, 0.1) is 10.1 Å². The second-order valence-corrected chi connectivity index (χ2v) is 5.07. The molecule has 0 aromatic heterocycles. The number of amides is 1. The lowest BCUT2D eigenvalue weighted by atomic mass is 10.0. The van der Waals surface area contributed by atoms with Gasteiger partial charge in [-0.2, -0.15) is 0 Å².